The fourth-order valence-electron chi connectivity index (χ4n) is 3.54. The minimum Gasteiger partial charge on any atom is -0.274 e. The Labute approximate surface area is 114 Å². The SMILES string of the molecule is Cn1cc(S(=O)(=O)N2CCC[C@H]3CCCC[C@H]32)cn1. The normalized spacial score (nSPS) is 29.1. The first-order valence-corrected chi connectivity index (χ1v) is 8.53. The molecular weight excluding hydrogens is 262 g/mol. The first-order valence-electron chi connectivity index (χ1n) is 7.09. The second-order valence-corrected chi connectivity index (χ2v) is 7.61. The van der Waals surface area contributed by atoms with Gasteiger partial charge >= 0.3 is 0 Å². The quantitative estimate of drug-likeness (QED) is 0.831. The van der Waals surface area contributed by atoms with Crippen molar-refractivity contribution in [1.82, 2.24) is 14.1 Å². The summed E-state index contributed by atoms with van der Waals surface area (Å²) in [7, 11) is -1.61. The van der Waals surface area contributed by atoms with Crippen LogP contribution in [-0.4, -0.2) is 35.1 Å². The van der Waals surface area contributed by atoms with E-state index in [0.717, 1.165) is 19.3 Å². The van der Waals surface area contributed by atoms with E-state index >= 15 is 0 Å². The minimum atomic E-state index is -3.36. The Hall–Kier alpha value is -0.880. The van der Waals surface area contributed by atoms with E-state index in [2.05, 4.69) is 5.10 Å². The van der Waals surface area contributed by atoms with Crippen LogP contribution in [0, 0.1) is 5.92 Å². The van der Waals surface area contributed by atoms with Gasteiger partial charge in [-0.05, 0) is 31.6 Å². The van der Waals surface area contributed by atoms with E-state index in [-0.39, 0.29) is 6.04 Å². The molecule has 2 atom stereocenters. The highest BCUT2D eigenvalue weighted by Crippen LogP contribution is 2.37. The Morgan fingerprint density at radius 1 is 1.21 bits per heavy atom. The van der Waals surface area contributed by atoms with Crippen molar-refractivity contribution in [2.24, 2.45) is 13.0 Å². The molecule has 1 saturated carbocycles. The highest BCUT2D eigenvalue weighted by atomic mass is 32.2. The first-order chi connectivity index (χ1) is 9.09. The van der Waals surface area contributed by atoms with Crippen molar-refractivity contribution in [3.63, 3.8) is 0 Å². The average molecular weight is 283 g/mol. The molecule has 2 fully saturated rings. The van der Waals surface area contributed by atoms with Crippen molar-refractivity contribution < 1.29 is 8.42 Å². The number of aryl methyl sites for hydroxylation is 1. The van der Waals surface area contributed by atoms with E-state index in [0.29, 0.717) is 17.4 Å². The lowest BCUT2D eigenvalue weighted by Crippen LogP contribution is -2.49. The average Bonchev–Trinajstić information content (AvgIpc) is 2.85. The number of piperidine rings is 1. The van der Waals surface area contributed by atoms with Crippen molar-refractivity contribution in [2.75, 3.05) is 6.54 Å². The molecule has 0 radical (unpaired) electrons. The van der Waals surface area contributed by atoms with Crippen LogP contribution in [-0.2, 0) is 17.1 Å². The maximum atomic E-state index is 12.7. The van der Waals surface area contributed by atoms with E-state index < -0.39 is 10.0 Å². The number of aromatic nitrogens is 2. The molecule has 6 heteroatoms. The molecule has 1 saturated heterocycles. The summed E-state index contributed by atoms with van der Waals surface area (Å²) in [5.74, 6) is 0.564. The largest absolute Gasteiger partial charge is 0.274 e. The van der Waals surface area contributed by atoms with Crippen molar-refractivity contribution in [1.29, 1.82) is 0 Å². The summed E-state index contributed by atoms with van der Waals surface area (Å²) in [5, 5.41) is 3.99. The van der Waals surface area contributed by atoms with Gasteiger partial charge in [0.25, 0.3) is 0 Å². The summed E-state index contributed by atoms with van der Waals surface area (Å²) >= 11 is 0. The molecule has 0 unspecified atom stereocenters. The Morgan fingerprint density at radius 3 is 2.68 bits per heavy atom. The molecule has 0 aromatic carbocycles. The fourth-order valence-corrected chi connectivity index (χ4v) is 5.29. The summed E-state index contributed by atoms with van der Waals surface area (Å²) in [6, 6.07) is 0.215. The zero-order valence-electron chi connectivity index (χ0n) is 11.3. The van der Waals surface area contributed by atoms with Crippen molar-refractivity contribution in [3.05, 3.63) is 12.4 Å². The minimum absolute atomic E-state index is 0.215. The van der Waals surface area contributed by atoms with Crippen molar-refractivity contribution in [2.45, 2.75) is 49.5 Å². The standard InChI is InChI=1S/C13H21N3O2S/c1-15-10-12(9-14-15)19(17,18)16-8-4-6-11-5-2-3-7-13(11)16/h9-11,13H,2-8H2,1H3/t11-,13-/m1/s1. The van der Waals surface area contributed by atoms with E-state index in [4.69, 9.17) is 0 Å². The third-order valence-corrected chi connectivity index (χ3v) is 6.36. The third kappa shape index (κ3) is 2.31. The molecule has 1 aromatic rings. The van der Waals surface area contributed by atoms with Crippen molar-refractivity contribution in [3.8, 4) is 0 Å². The van der Waals surface area contributed by atoms with Crippen LogP contribution in [0.2, 0.25) is 0 Å². The molecule has 0 bridgehead atoms. The predicted octanol–water partition coefficient (Wildman–Crippen LogP) is 1.76. The fraction of sp³-hybridized carbons (Fsp3) is 0.769. The van der Waals surface area contributed by atoms with Gasteiger partial charge in [-0.1, -0.05) is 12.8 Å². The zero-order chi connectivity index (χ0) is 13.5. The number of sulfonamides is 1. The molecule has 0 N–H and O–H groups in total. The van der Waals surface area contributed by atoms with Gasteiger partial charge in [0.05, 0.1) is 6.20 Å². The molecule has 3 rings (SSSR count). The summed E-state index contributed by atoms with van der Waals surface area (Å²) in [6.45, 7) is 0.665. The molecular formula is C13H21N3O2S. The van der Waals surface area contributed by atoms with Crippen LogP contribution in [0.25, 0.3) is 0 Å². The van der Waals surface area contributed by atoms with Gasteiger partial charge in [0.2, 0.25) is 10.0 Å². The Kier molecular flexibility index (Phi) is 3.39. The van der Waals surface area contributed by atoms with E-state index in [1.165, 1.54) is 25.5 Å². The Balaban J connectivity index is 1.91. The summed E-state index contributed by atoms with van der Waals surface area (Å²) in [5.41, 5.74) is 0. The van der Waals surface area contributed by atoms with Crippen LogP contribution in [0.1, 0.15) is 38.5 Å². The molecule has 5 nitrogen and oxygen atoms in total. The number of nitrogens with zero attached hydrogens (tertiary/aromatic N) is 3. The number of rotatable bonds is 2. The molecule has 0 spiro atoms. The lowest BCUT2D eigenvalue weighted by Gasteiger charge is -2.42. The van der Waals surface area contributed by atoms with Crippen LogP contribution < -0.4 is 0 Å². The molecule has 106 valence electrons. The lowest BCUT2D eigenvalue weighted by atomic mass is 9.79. The van der Waals surface area contributed by atoms with Crippen LogP contribution in [0.5, 0.6) is 0 Å². The van der Waals surface area contributed by atoms with E-state index in [1.54, 1.807) is 22.2 Å². The van der Waals surface area contributed by atoms with Crippen LogP contribution >= 0.6 is 0 Å². The lowest BCUT2D eigenvalue weighted by molar-refractivity contribution is 0.129. The molecule has 1 aliphatic carbocycles. The smallest absolute Gasteiger partial charge is 0.246 e. The Bertz CT molecular complexity index is 550. The maximum Gasteiger partial charge on any atom is 0.246 e. The second-order valence-electron chi connectivity index (χ2n) is 5.72. The van der Waals surface area contributed by atoms with Gasteiger partial charge < -0.3 is 0 Å². The zero-order valence-corrected chi connectivity index (χ0v) is 12.1. The van der Waals surface area contributed by atoms with Crippen LogP contribution in [0.3, 0.4) is 0 Å². The molecule has 2 heterocycles. The van der Waals surface area contributed by atoms with E-state index in [1.807, 2.05) is 0 Å². The first kappa shape index (κ1) is 13.1. The number of fused-ring (bicyclic) bond motifs is 1. The predicted molar refractivity (Wildman–Crippen MR) is 72.1 cm³/mol. The summed E-state index contributed by atoms with van der Waals surface area (Å²) in [4.78, 5) is 0.334. The highest BCUT2D eigenvalue weighted by Gasteiger charge is 2.40. The molecule has 1 aliphatic heterocycles. The van der Waals surface area contributed by atoms with Gasteiger partial charge in [-0.2, -0.15) is 9.40 Å². The second kappa shape index (κ2) is 4.90. The van der Waals surface area contributed by atoms with Crippen LogP contribution in [0.4, 0.5) is 0 Å². The highest BCUT2D eigenvalue weighted by molar-refractivity contribution is 7.89. The van der Waals surface area contributed by atoms with Gasteiger partial charge in [-0.3, -0.25) is 4.68 Å². The van der Waals surface area contributed by atoms with E-state index in [9.17, 15) is 8.42 Å². The molecule has 19 heavy (non-hydrogen) atoms. The van der Waals surface area contributed by atoms with Gasteiger partial charge in [0.1, 0.15) is 4.90 Å². The van der Waals surface area contributed by atoms with Gasteiger partial charge in [0, 0.05) is 25.8 Å². The number of hydrogen-bond acceptors (Lipinski definition) is 3. The number of hydrogen-bond donors (Lipinski definition) is 0. The monoisotopic (exact) mass is 283 g/mol. The van der Waals surface area contributed by atoms with Gasteiger partial charge in [-0.15, -0.1) is 0 Å². The maximum absolute atomic E-state index is 12.7. The Morgan fingerprint density at radius 2 is 1.95 bits per heavy atom. The molecule has 1 aromatic heterocycles. The topological polar surface area (TPSA) is 55.2 Å². The van der Waals surface area contributed by atoms with Gasteiger partial charge in [0.15, 0.2) is 0 Å². The third-order valence-electron chi connectivity index (χ3n) is 4.48. The molecule has 0 amide bonds. The summed E-state index contributed by atoms with van der Waals surface area (Å²) < 4.78 is 28.8. The van der Waals surface area contributed by atoms with Gasteiger partial charge in [-0.25, -0.2) is 8.42 Å². The molecule has 2 aliphatic rings. The van der Waals surface area contributed by atoms with Crippen LogP contribution in [0.15, 0.2) is 17.3 Å². The summed E-state index contributed by atoms with van der Waals surface area (Å²) in [6.07, 6.45) is 9.84. The van der Waals surface area contributed by atoms with Crippen molar-refractivity contribution >= 4 is 10.0 Å².